The first-order valence-electron chi connectivity index (χ1n) is 9.12. The Hall–Kier alpha value is -1.57. The maximum absolute atomic E-state index is 13.0. The van der Waals surface area contributed by atoms with Gasteiger partial charge in [0.2, 0.25) is 17.8 Å². The predicted molar refractivity (Wildman–Crippen MR) is 99.1 cm³/mol. The second-order valence-corrected chi connectivity index (χ2v) is 8.71. The van der Waals surface area contributed by atoms with Crippen LogP contribution in [0.3, 0.4) is 0 Å². The van der Waals surface area contributed by atoms with E-state index < -0.39 is 5.82 Å². The van der Waals surface area contributed by atoms with Gasteiger partial charge in [0.05, 0.1) is 18.9 Å². The summed E-state index contributed by atoms with van der Waals surface area (Å²) >= 11 is 3.61. The number of carbonyl (C=O) groups is 2. The fourth-order valence-corrected chi connectivity index (χ4v) is 3.97. The summed E-state index contributed by atoms with van der Waals surface area (Å²) in [6, 6.07) is 0. The minimum atomic E-state index is -0.565. The van der Waals surface area contributed by atoms with Crippen LogP contribution in [-0.2, 0) is 9.59 Å². The van der Waals surface area contributed by atoms with Crippen molar-refractivity contribution in [3.05, 3.63) is 18.2 Å². The van der Waals surface area contributed by atoms with Crippen molar-refractivity contribution in [2.75, 3.05) is 18.4 Å². The fourth-order valence-electron chi connectivity index (χ4n) is 3.44. The van der Waals surface area contributed by atoms with E-state index in [1.807, 2.05) is 0 Å². The number of hydrogen-bond donors (Lipinski definition) is 1. The predicted octanol–water partition coefficient (Wildman–Crippen LogP) is 2.99. The van der Waals surface area contributed by atoms with Crippen LogP contribution in [0.5, 0.6) is 0 Å². The highest BCUT2D eigenvalue weighted by Gasteiger charge is 2.37. The van der Waals surface area contributed by atoms with E-state index in [2.05, 4.69) is 38.1 Å². The molecule has 0 bridgehead atoms. The smallest absolute Gasteiger partial charge is 0.246 e. The van der Waals surface area contributed by atoms with Crippen molar-refractivity contribution in [2.24, 2.45) is 17.8 Å². The lowest BCUT2D eigenvalue weighted by Crippen LogP contribution is -2.43. The first-order chi connectivity index (χ1) is 12.4. The summed E-state index contributed by atoms with van der Waals surface area (Å²) in [6.45, 7) is 2.76. The minimum absolute atomic E-state index is 0.00673. The fraction of sp³-hybridized carbons (Fsp3) is 0.667. The molecular formula is C18H24BrFN4O2. The van der Waals surface area contributed by atoms with Gasteiger partial charge >= 0.3 is 0 Å². The summed E-state index contributed by atoms with van der Waals surface area (Å²) in [5.74, 6) is 0.264. The molecule has 2 atom stereocenters. The number of amides is 2. The molecule has 6 nitrogen and oxygen atoms in total. The topological polar surface area (TPSA) is 75.2 Å². The highest BCUT2D eigenvalue weighted by atomic mass is 79.9. The zero-order valence-corrected chi connectivity index (χ0v) is 16.4. The van der Waals surface area contributed by atoms with Crippen LogP contribution in [0.4, 0.5) is 10.3 Å². The molecule has 2 aliphatic carbocycles. The summed E-state index contributed by atoms with van der Waals surface area (Å²) < 4.78 is 12.9. The Morgan fingerprint density at radius 3 is 2.46 bits per heavy atom. The molecule has 1 heterocycles. The molecule has 2 saturated carbocycles. The van der Waals surface area contributed by atoms with Crippen molar-refractivity contribution in [3.63, 3.8) is 0 Å². The number of carbonyl (C=O) groups excluding carboxylic acids is 2. The lowest BCUT2D eigenvalue weighted by atomic mass is 9.88. The molecule has 2 fully saturated rings. The third-order valence-corrected chi connectivity index (χ3v) is 6.17. The Morgan fingerprint density at radius 1 is 1.27 bits per heavy atom. The number of rotatable bonds is 6. The molecule has 0 unspecified atom stereocenters. The van der Waals surface area contributed by atoms with Crippen molar-refractivity contribution < 1.29 is 14.0 Å². The molecule has 0 aliphatic heterocycles. The van der Waals surface area contributed by atoms with Crippen LogP contribution in [0.15, 0.2) is 12.4 Å². The van der Waals surface area contributed by atoms with Crippen molar-refractivity contribution in [3.8, 4) is 0 Å². The zero-order valence-electron chi connectivity index (χ0n) is 14.8. The van der Waals surface area contributed by atoms with Crippen LogP contribution in [0.25, 0.3) is 0 Å². The number of alkyl halides is 1. The third kappa shape index (κ3) is 5.22. The number of aromatic nitrogens is 2. The summed E-state index contributed by atoms with van der Waals surface area (Å²) in [4.78, 5) is 34.9. The van der Waals surface area contributed by atoms with Crippen LogP contribution in [0, 0.1) is 23.6 Å². The van der Waals surface area contributed by atoms with E-state index in [4.69, 9.17) is 0 Å². The van der Waals surface area contributed by atoms with Crippen LogP contribution >= 0.6 is 15.9 Å². The van der Waals surface area contributed by atoms with Gasteiger partial charge in [-0.3, -0.25) is 14.9 Å². The molecule has 0 aromatic carbocycles. The number of anilines is 1. The van der Waals surface area contributed by atoms with Gasteiger partial charge in [-0.15, -0.1) is 0 Å². The Balaban J connectivity index is 1.60. The van der Waals surface area contributed by atoms with Gasteiger partial charge in [0.15, 0.2) is 5.82 Å². The molecule has 1 aromatic heterocycles. The Kier molecular flexibility index (Phi) is 6.21. The normalized spacial score (nSPS) is 27.7. The molecular weight excluding hydrogens is 403 g/mol. The van der Waals surface area contributed by atoms with E-state index in [-0.39, 0.29) is 30.2 Å². The van der Waals surface area contributed by atoms with E-state index in [1.165, 1.54) is 0 Å². The molecule has 2 aliphatic rings. The summed E-state index contributed by atoms with van der Waals surface area (Å²) in [7, 11) is 0. The largest absolute Gasteiger partial charge is 0.333 e. The summed E-state index contributed by atoms with van der Waals surface area (Å²) in [6.07, 6.45) is 6.77. The molecule has 2 amide bonds. The van der Waals surface area contributed by atoms with E-state index in [0.717, 1.165) is 44.5 Å². The maximum Gasteiger partial charge on any atom is 0.246 e. The van der Waals surface area contributed by atoms with Crippen LogP contribution in [-0.4, -0.2) is 44.6 Å². The van der Waals surface area contributed by atoms with Gasteiger partial charge in [0, 0.05) is 17.3 Å². The highest BCUT2D eigenvalue weighted by molar-refractivity contribution is 9.09. The maximum atomic E-state index is 13.0. The summed E-state index contributed by atoms with van der Waals surface area (Å²) in [5.41, 5.74) is 0. The summed E-state index contributed by atoms with van der Waals surface area (Å²) in [5, 5.41) is 2.54. The average Bonchev–Trinajstić information content (AvgIpc) is 3.31. The number of nitrogens with one attached hydrogen (secondary N) is 1. The first kappa shape index (κ1) is 19.2. The van der Waals surface area contributed by atoms with Gasteiger partial charge in [-0.25, -0.2) is 14.4 Å². The number of halogens is 2. The van der Waals surface area contributed by atoms with Crippen molar-refractivity contribution in [1.29, 1.82) is 0 Å². The van der Waals surface area contributed by atoms with Crippen LogP contribution < -0.4 is 5.32 Å². The standard InChI is InChI=1S/C18H24BrFN4O2/c1-11-6-13(11)9-24(17(26)12-2-4-14(19)5-3-12)10-16(25)23-18-21-7-15(20)8-22-18/h7-8,11-14H,2-6,9-10H2,1H3,(H,21,22,23,25)/t11-,12?,13-,14?/m0/s1. The second-order valence-electron chi connectivity index (χ2n) is 7.41. The lowest BCUT2D eigenvalue weighted by molar-refractivity contribution is -0.139. The van der Waals surface area contributed by atoms with Gasteiger partial charge < -0.3 is 4.90 Å². The number of nitrogens with zero attached hydrogens (tertiary/aromatic N) is 3. The molecule has 0 saturated heterocycles. The monoisotopic (exact) mass is 426 g/mol. The molecule has 0 radical (unpaired) electrons. The molecule has 26 heavy (non-hydrogen) atoms. The van der Waals surface area contributed by atoms with Crippen molar-refractivity contribution in [1.82, 2.24) is 14.9 Å². The molecule has 3 rings (SSSR count). The first-order valence-corrected chi connectivity index (χ1v) is 10.0. The van der Waals surface area contributed by atoms with Gasteiger partial charge in [-0.05, 0) is 43.9 Å². The second kappa shape index (κ2) is 8.41. The van der Waals surface area contributed by atoms with Crippen molar-refractivity contribution in [2.45, 2.75) is 43.9 Å². The lowest BCUT2D eigenvalue weighted by Gasteiger charge is -2.30. The van der Waals surface area contributed by atoms with Gasteiger partial charge in [-0.2, -0.15) is 0 Å². The van der Waals surface area contributed by atoms with E-state index in [1.54, 1.807) is 4.90 Å². The van der Waals surface area contributed by atoms with E-state index >= 15 is 0 Å². The molecule has 1 N–H and O–H groups in total. The minimum Gasteiger partial charge on any atom is -0.333 e. The zero-order chi connectivity index (χ0) is 18.7. The SMILES string of the molecule is C[C@H]1C[C@H]1CN(CC(=O)Nc1ncc(F)cn1)C(=O)C1CCC(Br)CC1. The Bertz CT molecular complexity index is 649. The van der Waals surface area contributed by atoms with Crippen LogP contribution in [0.1, 0.15) is 39.0 Å². The van der Waals surface area contributed by atoms with Crippen molar-refractivity contribution >= 4 is 33.7 Å². The van der Waals surface area contributed by atoms with Crippen LogP contribution in [0.2, 0.25) is 0 Å². The third-order valence-electron chi connectivity index (χ3n) is 5.25. The van der Waals surface area contributed by atoms with Gasteiger partial charge in [0.1, 0.15) is 0 Å². The Labute approximate surface area is 161 Å². The molecule has 8 heteroatoms. The number of hydrogen-bond acceptors (Lipinski definition) is 4. The van der Waals surface area contributed by atoms with Gasteiger partial charge in [0.25, 0.3) is 0 Å². The Morgan fingerprint density at radius 2 is 1.88 bits per heavy atom. The molecule has 142 valence electrons. The average molecular weight is 427 g/mol. The van der Waals surface area contributed by atoms with E-state index in [9.17, 15) is 14.0 Å². The molecule has 0 spiro atoms. The van der Waals surface area contributed by atoms with Gasteiger partial charge in [-0.1, -0.05) is 22.9 Å². The van der Waals surface area contributed by atoms with E-state index in [0.29, 0.717) is 23.2 Å². The highest BCUT2D eigenvalue weighted by Crippen LogP contribution is 2.39. The quantitative estimate of drug-likeness (QED) is 0.709. The molecule has 1 aromatic rings.